The van der Waals surface area contributed by atoms with Crippen molar-refractivity contribution < 1.29 is 23.2 Å². The number of hydrogen-bond donors (Lipinski definition) is 3. The summed E-state index contributed by atoms with van der Waals surface area (Å²) in [5.74, 6) is 0.291. The fourth-order valence-corrected chi connectivity index (χ4v) is 5.09. The Morgan fingerprint density at radius 2 is 2.06 bits per heavy atom. The van der Waals surface area contributed by atoms with Gasteiger partial charge >= 0.3 is 15.2 Å². The van der Waals surface area contributed by atoms with Crippen LogP contribution in [0.4, 0.5) is 5.82 Å². The summed E-state index contributed by atoms with van der Waals surface area (Å²) in [6.45, 7) is 1.72. The molecule has 2 rings (SSSR count). The largest absolute Gasteiger partial charge is 0.369 e. The molecule has 0 amide bonds. The molecule has 1 aromatic heterocycles. The fraction of sp³-hybridized carbons (Fsp3) is 0.286. The molecule has 1 aromatic rings. The van der Waals surface area contributed by atoms with Gasteiger partial charge in [0, 0.05) is 6.20 Å². The van der Waals surface area contributed by atoms with Crippen LogP contribution >= 0.6 is 15.2 Å². The summed E-state index contributed by atoms with van der Waals surface area (Å²) in [6, 6.07) is 3.41. The van der Waals surface area contributed by atoms with Crippen LogP contribution < -0.4 is 5.32 Å². The summed E-state index contributed by atoms with van der Waals surface area (Å²) in [7, 11) is -8.09. The molecule has 2 atom stereocenters. The van der Waals surface area contributed by atoms with Gasteiger partial charge in [0.25, 0.3) is 0 Å². The van der Waals surface area contributed by atoms with Crippen LogP contribution in [0.15, 0.2) is 18.3 Å². The van der Waals surface area contributed by atoms with Crippen molar-refractivity contribution >= 4 is 21.0 Å². The number of anilines is 1. The van der Waals surface area contributed by atoms with Gasteiger partial charge in [0.15, 0.2) is 0 Å². The first-order valence-electron chi connectivity index (χ1n) is 4.37. The lowest BCUT2D eigenvalue weighted by atomic mass is 10.3. The van der Waals surface area contributed by atoms with Crippen molar-refractivity contribution in [1.82, 2.24) is 4.98 Å². The maximum absolute atomic E-state index is 11.2. The average molecular weight is 264 g/mol. The van der Waals surface area contributed by atoms with Crippen LogP contribution in [-0.4, -0.2) is 20.3 Å². The monoisotopic (exact) mass is 264 g/mol. The van der Waals surface area contributed by atoms with E-state index in [0.29, 0.717) is 11.4 Å². The number of rotatable bonds is 2. The fourth-order valence-electron chi connectivity index (χ4n) is 1.32. The Hall–Kier alpha value is -0.710. The Bertz CT molecular complexity index is 497. The third-order valence-corrected chi connectivity index (χ3v) is 7.24. The first kappa shape index (κ1) is 11.8. The Morgan fingerprint density at radius 1 is 1.44 bits per heavy atom. The second-order valence-corrected chi connectivity index (χ2v) is 7.75. The first-order valence-corrected chi connectivity index (χ1v) is 7.67. The highest BCUT2D eigenvalue weighted by atomic mass is 31.3. The summed E-state index contributed by atoms with van der Waals surface area (Å²) in [6.07, 6.45) is 1.47. The van der Waals surface area contributed by atoms with Crippen molar-refractivity contribution in [3.05, 3.63) is 23.9 Å². The van der Waals surface area contributed by atoms with Crippen LogP contribution in [-0.2, 0) is 13.4 Å². The van der Waals surface area contributed by atoms with Gasteiger partial charge < -0.3 is 15.1 Å². The van der Waals surface area contributed by atoms with Crippen molar-refractivity contribution in [3.63, 3.8) is 0 Å². The molecule has 0 bridgehead atoms. The van der Waals surface area contributed by atoms with E-state index in [1.807, 2.05) is 0 Å². The second-order valence-electron chi connectivity index (χ2n) is 3.40. The number of aromatic nitrogens is 1. The minimum Gasteiger partial charge on any atom is -0.346 e. The number of nitrogens with one attached hydrogen (secondary N) is 1. The molecule has 0 aromatic carbocycles. The Morgan fingerprint density at radius 3 is 2.56 bits per heavy atom. The zero-order valence-corrected chi connectivity index (χ0v) is 10.1. The maximum Gasteiger partial charge on any atom is 0.369 e. The van der Waals surface area contributed by atoms with Crippen molar-refractivity contribution in [2.75, 3.05) is 5.32 Å². The SMILES string of the molecule is Cc1cccnc1NC1P(=O)(O)OP1(=O)O. The Balaban J connectivity index is 2.26. The molecule has 1 aliphatic rings. The molecule has 0 saturated carbocycles. The van der Waals surface area contributed by atoms with Crippen LogP contribution in [0.1, 0.15) is 5.56 Å². The highest BCUT2D eigenvalue weighted by molar-refractivity contribution is 7.84. The number of nitrogens with zero attached hydrogens (tertiary/aromatic N) is 1. The van der Waals surface area contributed by atoms with Gasteiger partial charge in [-0.2, -0.15) is 0 Å². The van der Waals surface area contributed by atoms with Crippen molar-refractivity contribution in [3.8, 4) is 0 Å². The molecule has 3 N–H and O–H groups in total. The van der Waals surface area contributed by atoms with E-state index in [-0.39, 0.29) is 0 Å². The molecular weight excluding hydrogens is 254 g/mol. The van der Waals surface area contributed by atoms with Gasteiger partial charge in [-0.15, -0.1) is 0 Å². The van der Waals surface area contributed by atoms with Gasteiger partial charge in [0.1, 0.15) is 5.82 Å². The Kier molecular flexibility index (Phi) is 2.69. The van der Waals surface area contributed by atoms with Crippen LogP contribution in [0, 0.1) is 6.92 Å². The van der Waals surface area contributed by atoms with E-state index in [4.69, 9.17) is 0 Å². The minimum absolute atomic E-state index is 0.291. The topological polar surface area (TPSA) is 109 Å². The van der Waals surface area contributed by atoms with Crippen LogP contribution in [0.5, 0.6) is 0 Å². The van der Waals surface area contributed by atoms with E-state index in [9.17, 15) is 18.9 Å². The molecule has 2 heterocycles. The predicted molar refractivity (Wildman–Crippen MR) is 57.1 cm³/mol. The molecule has 0 radical (unpaired) electrons. The lowest BCUT2D eigenvalue weighted by Crippen LogP contribution is -2.30. The highest BCUT2D eigenvalue weighted by Crippen LogP contribution is 2.81. The van der Waals surface area contributed by atoms with E-state index in [2.05, 4.69) is 14.6 Å². The van der Waals surface area contributed by atoms with Crippen molar-refractivity contribution in [2.24, 2.45) is 0 Å². The molecule has 9 heteroatoms. The van der Waals surface area contributed by atoms with Crippen molar-refractivity contribution in [1.29, 1.82) is 0 Å². The van der Waals surface area contributed by atoms with Crippen molar-refractivity contribution in [2.45, 2.75) is 12.4 Å². The molecule has 1 aliphatic heterocycles. The molecule has 1 fully saturated rings. The molecule has 16 heavy (non-hydrogen) atoms. The summed E-state index contributed by atoms with van der Waals surface area (Å²) in [4.78, 5) is 22.2. The molecule has 0 aliphatic carbocycles. The van der Waals surface area contributed by atoms with E-state index in [1.54, 1.807) is 19.1 Å². The number of hydrogen-bond acceptors (Lipinski definition) is 5. The molecular formula is C7H10N2O5P2. The maximum atomic E-state index is 11.2. The third kappa shape index (κ3) is 1.93. The summed E-state index contributed by atoms with van der Waals surface area (Å²) >= 11 is 0. The molecule has 7 nitrogen and oxygen atoms in total. The molecule has 0 spiro atoms. The van der Waals surface area contributed by atoms with Crippen LogP contribution in [0.2, 0.25) is 0 Å². The molecule has 88 valence electrons. The van der Waals surface area contributed by atoms with Gasteiger partial charge in [0.05, 0.1) is 0 Å². The second kappa shape index (κ2) is 3.65. The zero-order chi connectivity index (χ0) is 12.0. The van der Waals surface area contributed by atoms with Gasteiger partial charge in [-0.1, -0.05) is 6.07 Å². The molecule has 2 unspecified atom stereocenters. The standard InChI is InChI=1S/C7H10N2O5P2/c1-5-3-2-4-8-6(5)9-7-15(10,11)14-16(7,12)13/h2-4,7H,1H3,(H,8,9)(H,10,11)(H,12,13). The first-order chi connectivity index (χ1) is 7.33. The number of aryl methyl sites for hydroxylation is 1. The van der Waals surface area contributed by atoms with E-state index >= 15 is 0 Å². The summed E-state index contributed by atoms with van der Waals surface area (Å²) in [5.41, 5.74) is -0.789. The van der Waals surface area contributed by atoms with Crippen LogP contribution in [0.25, 0.3) is 0 Å². The quantitative estimate of drug-likeness (QED) is 0.694. The minimum atomic E-state index is -4.05. The van der Waals surface area contributed by atoms with Gasteiger partial charge in [-0.3, -0.25) is 9.13 Å². The Labute approximate surface area is 91.6 Å². The van der Waals surface area contributed by atoms with Gasteiger partial charge in [-0.25, -0.2) is 9.29 Å². The number of pyridine rings is 1. The predicted octanol–water partition coefficient (Wildman–Crippen LogP) is 1.49. The van der Waals surface area contributed by atoms with E-state index in [0.717, 1.165) is 0 Å². The summed E-state index contributed by atoms with van der Waals surface area (Å²) < 4.78 is 26.6. The third-order valence-electron chi connectivity index (χ3n) is 2.13. The normalized spacial score (nSPS) is 37.8. The van der Waals surface area contributed by atoms with E-state index in [1.165, 1.54) is 6.20 Å². The summed E-state index contributed by atoms with van der Waals surface area (Å²) in [5, 5.41) is 2.46. The van der Waals surface area contributed by atoms with E-state index < -0.39 is 20.7 Å². The zero-order valence-electron chi connectivity index (χ0n) is 8.27. The lowest BCUT2D eigenvalue weighted by Gasteiger charge is -2.36. The average Bonchev–Trinajstić information content (AvgIpc) is 2.14. The van der Waals surface area contributed by atoms with Gasteiger partial charge in [-0.05, 0) is 18.6 Å². The highest BCUT2D eigenvalue weighted by Gasteiger charge is 2.61. The van der Waals surface area contributed by atoms with Gasteiger partial charge in [0.2, 0.25) is 5.52 Å². The smallest absolute Gasteiger partial charge is 0.346 e. The molecule has 1 saturated heterocycles. The lowest BCUT2D eigenvalue weighted by molar-refractivity contribution is 0.293. The van der Waals surface area contributed by atoms with Crippen LogP contribution in [0.3, 0.4) is 0 Å².